The molecule has 2 amide bonds. The molecule has 0 bridgehead atoms. The molecular weight excluding hydrogens is 310 g/mol. The molecule has 1 atom stereocenters. The van der Waals surface area contributed by atoms with Gasteiger partial charge in [0.25, 0.3) is 0 Å². The van der Waals surface area contributed by atoms with Crippen LogP contribution in [0.15, 0.2) is 29.6 Å². The predicted molar refractivity (Wildman–Crippen MR) is 91.9 cm³/mol. The van der Waals surface area contributed by atoms with Crippen molar-refractivity contribution < 1.29 is 9.59 Å². The first-order valence-electron chi connectivity index (χ1n) is 7.50. The monoisotopic (exact) mass is 329 g/mol. The van der Waals surface area contributed by atoms with Crippen LogP contribution in [0.25, 0.3) is 0 Å². The zero-order valence-electron chi connectivity index (χ0n) is 13.3. The van der Waals surface area contributed by atoms with Gasteiger partial charge in [0.2, 0.25) is 11.8 Å². The molecule has 120 valence electrons. The van der Waals surface area contributed by atoms with Crippen LogP contribution < -0.4 is 10.6 Å². The lowest BCUT2D eigenvalue weighted by atomic mass is 9.90. The van der Waals surface area contributed by atoms with Crippen molar-refractivity contribution >= 4 is 34.0 Å². The van der Waals surface area contributed by atoms with E-state index in [2.05, 4.69) is 36.4 Å². The minimum absolute atomic E-state index is 0.0587. The summed E-state index contributed by atoms with van der Waals surface area (Å²) < 4.78 is 0. The molecule has 2 N–H and O–H groups in total. The average molecular weight is 329 g/mol. The van der Waals surface area contributed by atoms with E-state index in [0.29, 0.717) is 10.8 Å². The van der Waals surface area contributed by atoms with Gasteiger partial charge in [0, 0.05) is 22.9 Å². The van der Waals surface area contributed by atoms with Crippen LogP contribution in [-0.4, -0.2) is 16.8 Å². The SMILES string of the molecule is CC(C)(C)c1csc(NC(=O)C2CC(=O)Nc3ccccc32)n1. The number of hydrogen-bond acceptors (Lipinski definition) is 4. The fraction of sp³-hybridized carbons (Fsp3) is 0.353. The first kappa shape index (κ1) is 15.7. The first-order chi connectivity index (χ1) is 10.8. The van der Waals surface area contributed by atoms with Crippen LogP contribution >= 0.6 is 11.3 Å². The molecular formula is C17H19N3O2S. The van der Waals surface area contributed by atoms with Gasteiger partial charge in [-0.05, 0) is 11.6 Å². The molecule has 2 heterocycles. The number of benzene rings is 1. The molecule has 1 aliphatic heterocycles. The third-order valence-electron chi connectivity index (χ3n) is 3.82. The first-order valence-corrected chi connectivity index (χ1v) is 8.38. The number of nitrogens with zero attached hydrogens (tertiary/aromatic N) is 1. The average Bonchev–Trinajstić information content (AvgIpc) is 2.95. The van der Waals surface area contributed by atoms with Crippen LogP contribution in [0, 0.1) is 0 Å². The smallest absolute Gasteiger partial charge is 0.234 e. The van der Waals surface area contributed by atoms with Crippen LogP contribution in [-0.2, 0) is 15.0 Å². The topological polar surface area (TPSA) is 71.1 Å². The fourth-order valence-electron chi connectivity index (χ4n) is 2.51. The Hall–Kier alpha value is -2.21. The third kappa shape index (κ3) is 3.27. The molecule has 0 saturated carbocycles. The maximum Gasteiger partial charge on any atom is 0.234 e. The summed E-state index contributed by atoms with van der Waals surface area (Å²) in [5.74, 6) is -0.817. The maximum absolute atomic E-state index is 12.6. The van der Waals surface area contributed by atoms with Crippen molar-refractivity contribution in [2.45, 2.75) is 38.5 Å². The Morgan fingerprint density at radius 2 is 2.09 bits per heavy atom. The van der Waals surface area contributed by atoms with Crippen LogP contribution in [0.3, 0.4) is 0 Å². The van der Waals surface area contributed by atoms with E-state index >= 15 is 0 Å². The van der Waals surface area contributed by atoms with E-state index in [1.54, 1.807) is 0 Å². The fourth-order valence-corrected chi connectivity index (χ4v) is 3.45. The van der Waals surface area contributed by atoms with Gasteiger partial charge in [0.05, 0.1) is 11.6 Å². The Bertz CT molecular complexity index is 761. The number of carbonyl (C=O) groups is 2. The van der Waals surface area contributed by atoms with E-state index in [4.69, 9.17) is 0 Å². The van der Waals surface area contributed by atoms with Gasteiger partial charge in [-0.1, -0.05) is 39.0 Å². The molecule has 0 fully saturated rings. The van der Waals surface area contributed by atoms with Crippen LogP contribution in [0.4, 0.5) is 10.8 Å². The zero-order valence-corrected chi connectivity index (χ0v) is 14.2. The molecule has 1 aliphatic rings. The molecule has 0 saturated heterocycles. The lowest BCUT2D eigenvalue weighted by Crippen LogP contribution is -2.30. The Kier molecular flexibility index (Phi) is 3.93. The number of thiazole rings is 1. The van der Waals surface area contributed by atoms with Crippen molar-refractivity contribution in [1.29, 1.82) is 0 Å². The van der Waals surface area contributed by atoms with Gasteiger partial charge in [-0.2, -0.15) is 0 Å². The Morgan fingerprint density at radius 1 is 1.35 bits per heavy atom. The van der Waals surface area contributed by atoms with Gasteiger partial charge >= 0.3 is 0 Å². The van der Waals surface area contributed by atoms with Gasteiger partial charge in [-0.15, -0.1) is 11.3 Å². The summed E-state index contributed by atoms with van der Waals surface area (Å²) in [6.45, 7) is 6.24. The largest absolute Gasteiger partial charge is 0.326 e. The number of hydrogen-bond donors (Lipinski definition) is 2. The molecule has 3 rings (SSSR count). The van der Waals surface area contributed by atoms with Gasteiger partial charge in [-0.25, -0.2) is 4.98 Å². The Balaban J connectivity index is 1.81. The second-order valence-corrected chi connectivity index (χ2v) is 7.53. The van der Waals surface area contributed by atoms with Crippen molar-refractivity contribution in [3.63, 3.8) is 0 Å². The van der Waals surface area contributed by atoms with E-state index in [1.165, 1.54) is 11.3 Å². The highest BCUT2D eigenvalue weighted by molar-refractivity contribution is 7.14. The molecule has 0 radical (unpaired) electrons. The number of nitrogens with one attached hydrogen (secondary N) is 2. The van der Waals surface area contributed by atoms with Crippen molar-refractivity contribution in [1.82, 2.24) is 4.98 Å². The Labute approximate surface area is 139 Å². The third-order valence-corrected chi connectivity index (χ3v) is 4.58. The minimum Gasteiger partial charge on any atom is -0.326 e. The molecule has 0 spiro atoms. The molecule has 6 heteroatoms. The number of amides is 2. The molecule has 23 heavy (non-hydrogen) atoms. The Morgan fingerprint density at radius 3 is 2.78 bits per heavy atom. The molecule has 2 aromatic rings. The molecule has 0 aliphatic carbocycles. The molecule has 1 unspecified atom stereocenters. The van der Waals surface area contributed by atoms with Crippen LogP contribution in [0.5, 0.6) is 0 Å². The van der Waals surface area contributed by atoms with Gasteiger partial charge in [0.15, 0.2) is 5.13 Å². The van der Waals surface area contributed by atoms with Gasteiger partial charge in [-0.3, -0.25) is 9.59 Å². The van der Waals surface area contributed by atoms with E-state index in [0.717, 1.165) is 11.3 Å². The summed E-state index contributed by atoms with van der Waals surface area (Å²) in [5, 5.41) is 8.18. The normalized spacial score (nSPS) is 17.3. The highest BCUT2D eigenvalue weighted by Crippen LogP contribution is 2.33. The zero-order chi connectivity index (χ0) is 16.6. The summed E-state index contributed by atoms with van der Waals surface area (Å²) in [7, 11) is 0. The predicted octanol–water partition coefficient (Wildman–Crippen LogP) is 3.51. The van der Waals surface area contributed by atoms with E-state index < -0.39 is 5.92 Å². The molecule has 1 aromatic carbocycles. The molecule has 5 nitrogen and oxygen atoms in total. The second-order valence-electron chi connectivity index (χ2n) is 6.67. The van der Waals surface area contributed by atoms with E-state index in [-0.39, 0.29) is 23.7 Å². The number of para-hydroxylation sites is 1. The van der Waals surface area contributed by atoms with Crippen molar-refractivity contribution in [2.75, 3.05) is 10.6 Å². The highest BCUT2D eigenvalue weighted by atomic mass is 32.1. The summed E-state index contributed by atoms with van der Waals surface area (Å²) in [4.78, 5) is 28.9. The van der Waals surface area contributed by atoms with Crippen LogP contribution in [0.2, 0.25) is 0 Å². The van der Waals surface area contributed by atoms with Crippen molar-refractivity contribution in [2.24, 2.45) is 0 Å². The molecule has 1 aromatic heterocycles. The van der Waals surface area contributed by atoms with Crippen molar-refractivity contribution in [3.8, 4) is 0 Å². The summed E-state index contributed by atoms with van der Waals surface area (Å²) >= 11 is 1.41. The quantitative estimate of drug-likeness (QED) is 0.886. The van der Waals surface area contributed by atoms with Gasteiger partial charge in [0.1, 0.15) is 0 Å². The lowest BCUT2D eigenvalue weighted by Gasteiger charge is -2.24. The second kappa shape index (κ2) is 5.77. The maximum atomic E-state index is 12.6. The van der Waals surface area contributed by atoms with Gasteiger partial charge < -0.3 is 10.6 Å². The van der Waals surface area contributed by atoms with Crippen LogP contribution in [0.1, 0.15) is 44.4 Å². The van der Waals surface area contributed by atoms with E-state index in [9.17, 15) is 9.59 Å². The summed E-state index contributed by atoms with van der Waals surface area (Å²) in [5.41, 5.74) is 2.44. The summed E-state index contributed by atoms with van der Waals surface area (Å²) in [6.07, 6.45) is 0.153. The number of carbonyl (C=O) groups excluding carboxylic acids is 2. The minimum atomic E-state index is -0.484. The number of anilines is 2. The number of rotatable bonds is 2. The standard InChI is InChI=1S/C17H19N3O2S/c1-17(2,3)13-9-23-16(19-13)20-15(22)11-8-14(21)18-12-7-5-4-6-10(11)12/h4-7,9,11H,8H2,1-3H3,(H,18,21)(H,19,20,22). The number of aromatic nitrogens is 1. The number of fused-ring (bicyclic) bond motifs is 1. The summed E-state index contributed by atoms with van der Waals surface area (Å²) in [6, 6.07) is 7.41. The highest BCUT2D eigenvalue weighted by Gasteiger charge is 2.31. The van der Waals surface area contributed by atoms with E-state index in [1.807, 2.05) is 29.6 Å². The lowest BCUT2D eigenvalue weighted by molar-refractivity contribution is -0.123. The van der Waals surface area contributed by atoms with Crippen molar-refractivity contribution in [3.05, 3.63) is 40.9 Å².